The van der Waals surface area contributed by atoms with Crippen molar-refractivity contribution >= 4 is 19.7 Å². The minimum absolute atomic E-state index is 0.0815. The first-order chi connectivity index (χ1) is 13.7. The lowest BCUT2D eigenvalue weighted by molar-refractivity contribution is 0.326. The summed E-state index contributed by atoms with van der Waals surface area (Å²) in [6, 6.07) is 16.2. The van der Waals surface area contributed by atoms with E-state index in [1.54, 1.807) is 36.4 Å². The Bertz CT molecular complexity index is 1040. The Morgan fingerprint density at radius 3 is 1.79 bits per heavy atom. The number of allylic oxidation sites excluding steroid dienone is 1. The van der Waals surface area contributed by atoms with Crippen LogP contribution in [0.1, 0.15) is 19.3 Å². The van der Waals surface area contributed by atoms with Crippen LogP contribution in [0.15, 0.2) is 94.8 Å². The molecule has 1 atom stereocenters. The van der Waals surface area contributed by atoms with Crippen molar-refractivity contribution in [2.24, 2.45) is 0 Å². The lowest BCUT2D eigenvalue weighted by Gasteiger charge is -2.20. The molecule has 0 radical (unpaired) electrons. The molecule has 1 N–H and O–H groups in total. The van der Waals surface area contributed by atoms with Gasteiger partial charge in [0.15, 0.2) is 19.7 Å². The van der Waals surface area contributed by atoms with Crippen LogP contribution in [0.3, 0.4) is 0 Å². The lowest BCUT2D eigenvalue weighted by Crippen LogP contribution is -2.24. The maximum atomic E-state index is 13.1. The Labute approximate surface area is 173 Å². The van der Waals surface area contributed by atoms with Crippen LogP contribution >= 0.6 is 0 Å². The highest BCUT2D eigenvalue weighted by molar-refractivity contribution is 7.92. The van der Waals surface area contributed by atoms with Crippen molar-refractivity contribution in [3.8, 4) is 0 Å². The Balaban J connectivity index is 2.14. The standard InChI is InChI=1S/C22H26O5S2/c1-18(13-14-28(24,25)20-9-5-3-6-10-20)15-22(16-19(2)17-23)29(26,27)21-11-7-4-8-12-21/h3-12,22-23H,1-2,13-17H2/t22-/m0/s1. The van der Waals surface area contributed by atoms with Crippen molar-refractivity contribution in [2.45, 2.75) is 34.3 Å². The summed E-state index contributed by atoms with van der Waals surface area (Å²) < 4.78 is 51.0. The van der Waals surface area contributed by atoms with Gasteiger partial charge in [-0.1, -0.05) is 60.7 Å². The van der Waals surface area contributed by atoms with Crippen molar-refractivity contribution in [3.05, 3.63) is 85.0 Å². The van der Waals surface area contributed by atoms with E-state index in [0.29, 0.717) is 11.1 Å². The van der Waals surface area contributed by atoms with Crippen LogP contribution in [0.25, 0.3) is 0 Å². The van der Waals surface area contributed by atoms with Crippen LogP contribution in [0.4, 0.5) is 0 Å². The number of aliphatic hydroxyl groups excluding tert-OH is 1. The third-order valence-corrected chi connectivity index (χ3v) is 8.47. The van der Waals surface area contributed by atoms with E-state index in [0.717, 1.165) is 0 Å². The molecule has 0 aromatic heterocycles. The van der Waals surface area contributed by atoms with Crippen LogP contribution in [-0.2, 0) is 19.7 Å². The Hall–Kier alpha value is -2.22. The highest BCUT2D eigenvalue weighted by Gasteiger charge is 2.28. The fraction of sp³-hybridized carbons (Fsp3) is 0.273. The molecule has 0 aliphatic rings. The van der Waals surface area contributed by atoms with Gasteiger partial charge in [0.25, 0.3) is 0 Å². The van der Waals surface area contributed by atoms with Crippen LogP contribution in [0.2, 0.25) is 0 Å². The molecule has 0 unspecified atom stereocenters. The molecule has 0 spiro atoms. The van der Waals surface area contributed by atoms with Gasteiger partial charge in [0.1, 0.15) is 0 Å². The van der Waals surface area contributed by atoms with Gasteiger partial charge in [0, 0.05) is 0 Å². The van der Waals surface area contributed by atoms with Gasteiger partial charge in [-0.25, -0.2) is 16.8 Å². The number of rotatable bonds is 11. The van der Waals surface area contributed by atoms with Crippen molar-refractivity contribution in [2.75, 3.05) is 12.4 Å². The normalized spacial score (nSPS) is 13.0. The minimum atomic E-state index is -3.69. The third-order valence-electron chi connectivity index (χ3n) is 4.59. The molecule has 156 valence electrons. The predicted molar refractivity (Wildman–Crippen MR) is 115 cm³/mol. The summed E-state index contributed by atoms with van der Waals surface area (Å²) in [4.78, 5) is 0.412. The molecule has 0 aliphatic carbocycles. The first-order valence-corrected chi connectivity index (χ1v) is 12.4. The average Bonchev–Trinajstić information content (AvgIpc) is 2.73. The monoisotopic (exact) mass is 434 g/mol. The van der Waals surface area contributed by atoms with Gasteiger partial charge >= 0.3 is 0 Å². The molecular weight excluding hydrogens is 408 g/mol. The second-order valence-corrected chi connectivity index (χ2v) is 11.3. The molecule has 2 rings (SSSR count). The van der Waals surface area contributed by atoms with Gasteiger partial charge in [-0.3, -0.25) is 0 Å². The molecule has 0 amide bonds. The van der Waals surface area contributed by atoms with Gasteiger partial charge in [0.2, 0.25) is 0 Å². The molecule has 0 saturated heterocycles. The summed E-state index contributed by atoms with van der Waals surface area (Å²) >= 11 is 0. The summed E-state index contributed by atoms with van der Waals surface area (Å²) in [5.41, 5.74) is 0.930. The van der Waals surface area contributed by atoms with E-state index < -0.39 is 24.9 Å². The van der Waals surface area contributed by atoms with Crippen molar-refractivity contribution in [1.29, 1.82) is 0 Å². The smallest absolute Gasteiger partial charge is 0.181 e. The molecule has 0 saturated carbocycles. The van der Waals surface area contributed by atoms with E-state index in [1.807, 2.05) is 0 Å². The first kappa shape index (κ1) is 23.1. The van der Waals surface area contributed by atoms with Crippen molar-refractivity contribution in [1.82, 2.24) is 0 Å². The number of aliphatic hydroxyl groups is 1. The minimum Gasteiger partial charge on any atom is -0.392 e. The predicted octanol–water partition coefficient (Wildman–Crippen LogP) is 3.58. The van der Waals surface area contributed by atoms with Gasteiger partial charge in [0.05, 0.1) is 27.4 Å². The van der Waals surface area contributed by atoms with Crippen LogP contribution in [0.5, 0.6) is 0 Å². The van der Waals surface area contributed by atoms with Gasteiger partial charge in [-0.2, -0.15) is 0 Å². The summed E-state index contributed by atoms with van der Waals surface area (Å²) in [6.07, 6.45) is 0.336. The second-order valence-electron chi connectivity index (χ2n) is 6.93. The van der Waals surface area contributed by atoms with E-state index in [9.17, 15) is 21.9 Å². The topological polar surface area (TPSA) is 88.5 Å². The Kier molecular flexibility index (Phi) is 7.96. The lowest BCUT2D eigenvalue weighted by atomic mass is 10.0. The third kappa shape index (κ3) is 6.39. The quantitative estimate of drug-likeness (QED) is 0.546. The largest absolute Gasteiger partial charge is 0.392 e. The summed E-state index contributed by atoms with van der Waals surface area (Å²) in [5, 5.41) is 8.43. The molecular formula is C22H26O5S2. The Morgan fingerprint density at radius 2 is 1.28 bits per heavy atom. The van der Waals surface area contributed by atoms with E-state index in [-0.39, 0.29) is 41.4 Å². The maximum absolute atomic E-state index is 13.1. The molecule has 0 bridgehead atoms. The summed E-state index contributed by atoms with van der Waals surface area (Å²) in [6.45, 7) is 7.31. The SMILES string of the molecule is C=C(CO)C[C@H](CC(=C)CCS(=O)(=O)c1ccccc1)S(=O)(=O)c1ccccc1. The van der Waals surface area contributed by atoms with E-state index in [1.165, 1.54) is 24.3 Å². The maximum Gasteiger partial charge on any atom is 0.181 e. The van der Waals surface area contributed by atoms with Crippen molar-refractivity contribution < 1.29 is 21.9 Å². The van der Waals surface area contributed by atoms with Gasteiger partial charge < -0.3 is 5.11 Å². The average molecular weight is 435 g/mol. The highest BCUT2D eigenvalue weighted by atomic mass is 32.2. The molecule has 29 heavy (non-hydrogen) atoms. The number of hydrogen-bond acceptors (Lipinski definition) is 5. The van der Waals surface area contributed by atoms with Gasteiger partial charge in [-0.15, -0.1) is 0 Å². The number of benzene rings is 2. The van der Waals surface area contributed by atoms with E-state index in [2.05, 4.69) is 13.2 Å². The second kappa shape index (κ2) is 10.0. The zero-order chi connectivity index (χ0) is 21.5. The summed E-state index contributed by atoms with van der Waals surface area (Å²) in [7, 11) is -7.16. The van der Waals surface area contributed by atoms with E-state index >= 15 is 0 Å². The molecule has 5 nitrogen and oxygen atoms in total. The van der Waals surface area contributed by atoms with Crippen LogP contribution < -0.4 is 0 Å². The highest BCUT2D eigenvalue weighted by Crippen LogP contribution is 2.27. The molecule has 2 aromatic carbocycles. The summed E-state index contributed by atoms with van der Waals surface area (Å²) in [5.74, 6) is -0.144. The molecule has 2 aromatic rings. The Morgan fingerprint density at radius 1 is 0.793 bits per heavy atom. The number of sulfone groups is 2. The van der Waals surface area contributed by atoms with Crippen molar-refractivity contribution in [3.63, 3.8) is 0 Å². The first-order valence-electron chi connectivity index (χ1n) is 9.17. The molecule has 0 fully saturated rings. The molecule has 0 aliphatic heterocycles. The zero-order valence-electron chi connectivity index (χ0n) is 16.2. The van der Waals surface area contributed by atoms with Crippen LogP contribution in [-0.4, -0.2) is 39.6 Å². The fourth-order valence-corrected chi connectivity index (χ4v) is 6.13. The van der Waals surface area contributed by atoms with Gasteiger partial charge in [-0.05, 0) is 43.5 Å². The fourth-order valence-electron chi connectivity index (χ4n) is 2.93. The van der Waals surface area contributed by atoms with E-state index in [4.69, 9.17) is 0 Å². The number of hydrogen-bond donors (Lipinski definition) is 1. The van der Waals surface area contributed by atoms with Crippen LogP contribution in [0, 0.1) is 0 Å². The zero-order valence-corrected chi connectivity index (χ0v) is 17.8. The molecule has 0 heterocycles. The molecule has 7 heteroatoms.